The van der Waals surface area contributed by atoms with Gasteiger partial charge in [0.2, 0.25) is 0 Å². The van der Waals surface area contributed by atoms with E-state index in [4.69, 9.17) is 0 Å². The number of Topliss-reactive ketones (excluding diaryl/α,β-unsaturated/α-hetero) is 1. The molecule has 0 spiro atoms. The Morgan fingerprint density at radius 2 is 2.00 bits per heavy atom. The Bertz CT molecular complexity index is 342. The Morgan fingerprint density at radius 3 is 2.50 bits per heavy atom. The Morgan fingerprint density at radius 1 is 1.36 bits per heavy atom. The molecule has 0 unspecified atom stereocenters. The van der Waals surface area contributed by atoms with Crippen molar-refractivity contribution >= 4 is 11.5 Å². The number of hydrogen-bond donors (Lipinski definition) is 1. The molecular formula is C12H17NO. The third-order valence-corrected chi connectivity index (χ3v) is 2.07. The zero-order valence-electron chi connectivity index (χ0n) is 9.22. The molecule has 1 aromatic rings. The quantitative estimate of drug-likeness (QED) is 0.744. The second kappa shape index (κ2) is 4.27. The van der Waals surface area contributed by atoms with Crippen molar-refractivity contribution in [1.29, 1.82) is 0 Å². The van der Waals surface area contributed by atoms with Gasteiger partial charge in [0, 0.05) is 17.3 Å². The van der Waals surface area contributed by atoms with Crippen molar-refractivity contribution in [2.75, 3.05) is 5.32 Å². The maximum atomic E-state index is 11.4. The molecular weight excluding hydrogens is 174 g/mol. The number of anilines is 1. The van der Waals surface area contributed by atoms with Crippen LogP contribution in [0.15, 0.2) is 18.2 Å². The van der Waals surface area contributed by atoms with E-state index in [2.05, 4.69) is 19.2 Å². The van der Waals surface area contributed by atoms with Gasteiger partial charge >= 0.3 is 0 Å². The van der Waals surface area contributed by atoms with Gasteiger partial charge in [-0.05, 0) is 39.3 Å². The van der Waals surface area contributed by atoms with Crippen molar-refractivity contribution in [3.8, 4) is 0 Å². The fourth-order valence-electron chi connectivity index (χ4n) is 1.57. The van der Waals surface area contributed by atoms with Crippen molar-refractivity contribution in [3.05, 3.63) is 29.3 Å². The van der Waals surface area contributed by atoms with E-state index in [9.17, 15) is 4.79 Å². The van der Waals surface area contributed by atoms with Crippen LogP contribution in [0.2, 0.25) is 0 Å². The van der Waals surface area contributed by atoms with Crippen molar-refractivity contribution in [1.82, 2.24) is 0 Å². The molecule has 0 aliphatic rings. The first kappa shape index (κ1) is 10.8. The van der Waals surface area contributed by atoms with Gasteiger partial charge in [-0.3, -0.25) is 4.79 Å². The molecule has 0 radical (unpaired) electrons. The molecule has 0 aliphatic heterocycles. The number of benzene rings is 1. The van der Waals surface area contributed by atoms with E-state index < -0.39 is 0 Å². The molecule has 0 aromatic heterocycles. The van der Waals surface area contributed by atoms with Crippen LogP contribution in [0.25, 0.3) is 0 Å². The molecule has 2 nitrogen and oxygen atoms in total. The fraction of sp³-hybridized carbons (Fsp3) is 0.417. The van der Waals surface area contributed by atoms with E-state index in [1.165, 1.54) is 0 Å². The number of carbonyl (C=O) groups is 1. The van der Waals surface area contributed by atoms with Crippen molar-refractivity contribution in [3.63, 3.8) is 0 Å². The number of aryl methyl sites for hydroxylation is 1. The minimum Gasteiger partial charge on any atom is -0.382 e. The predicted octanol–water partition coefficient (Wildman–Crippen LogP) is 3.02. The van der Waals surface area contributed by atoms with E-state index in [0.29, 0.717) is 6.04 Å². The van der Waals surface area contributed by atoms with Crippen LogP contribution >= 0.6 is 0 Å². The second-order valence-corrected chi connectivity index (χ2v) is 3.85. The van der Waals surface area contributed by atoms with Crippen LogP contribution in [0.3, 0.4) is 0 Å². The lowest BCUT2D eigenvalue weighted by Crippen LogP contribution is -2.13. The lowest BCUT2D eigenvalue weighted by atomic mass is 10.0. The summed E-state index contributed by atoms with van der Waals surface area (Å²) in [5.74, 6) is 0.117. The Labute approximate surface area is 85.3 Å². The van der Waals surface area contributed by atoms with Gasteiger partial charge in [0.05, 0.1) is 0 Å². The average molecular weight is 191 g/mol. The van der Waals surface area contributed by atoms with E-state index in [-0.39, 0.29) is 5.78 Å². The van der Waals surface area contributed by atoms with E-state index >= 15 is 0 Å². The highest BCUT2D eigenvalue weighted by molar-refractivity contribution is 6.01. The van der Waals surface area contributed by atoms with Crippen LogP contribution in [-0.2, 0) is 0 Å². The summed E-state index contributed by atoms with van der Waals surface area (Å²) in [5.41, 5.74) is 2.77. The zero-order valence-corrected chi connectivity index (χ0v) is 9.22. The van der Waals surface area contributed by atoms with Gasteiger partial charge in [-0.2, -0.15) is 0 Å². The van der Waals surface area contributed by atoms with Gasteiger partial charge in [-0.25, -0.2) is 0 Å². The summed E-state index contributed by atoms with van der Waals surface area (Å²) < 4.78 is 0. The normalized spacial score (nSPS) is 10.4. The molecule has 1 N–H and O–H groups in total. The summed E-state index contributed by atoms with van der Waals surface area (Å²) in [5, 5.41) is 3.27. The molecule has 0 amide bonds. The van der Waals surface area contributed by atoms with Gasteiger partial charge in [0.25, 0.3) is 0 Å². The fourth-order valence-corrected chi connectivity index (χ4v) is 1.57. The molecule has 1 rings (SSSR count). The van der Waals surface area contributed by atoms with Crippen molar-refractivity contribution in [2.24, 2.45) is 0 Å². The molecule has 14 heavy (non-hydrogen) atoms. The monoisotopic (exact) mass is 191 g/mol. The highest BCUT2D eigenvalue weighted by Gasteiger charge is 2.10. The molecule has 0 fully saturated rings. The minimum absolute atomic E-state index is 0.117. The van der Waals surface area contributed by atoms with Crippen LogP contribution in [0.4, 0.5) is 5.69 Å². The minimum atomic E-state index is 0.117. The third-order valence-electron chi connectivity index (χ3n) is 2.07. The Balaban J connectivity index is 3.14. The Kier molecular flexibility index (Phi) is 3.28. The van der Waals surface area contributed by atoms with E-state index in [0.717, 1.165) is 16.8 Å². The Hall–Kier alpha value is -1.31. The molecule has 2 heteroatoms. The molecule has 0 atom stereocenters. The molecule has 0 bridgehead atoms. The summed E-state index contributed by atoms with van der Waals surface area (Å²) in [6, 6.07) is 6.22. The lowest BCUT2D eigenvalue weighted by molar-refractivity contribution is 0.101. The molecule has 0 saturated heterocycles. The molecule has 1 aromatic carbocycles. The van der Waals surface area contributed by atoms with Crippen LogP contribution in [0, 0.1) is 6.92 Å². The highest BCUT2D eigenvalue weighted by Crippen LogP contribution is 2.20. The van der Waals surface area contributed by atoms with Gasteiger partial charge in [-0.1, -0.05) is 12.1 Å². The zero-order chi connectivity index (χ0) is 10.7. The third kappa shape index (κ3) is 2.34. The lowest BCUT2D eigenvalue weighted by Gasteiger charge is -2.14. The van der Waals surface area contributed by atoms with Gasteiger partial charge < -0.3 is 5.32 Å². The van der Waals surface area contributed by atoms with Crippen molar-refractivity contribution < 1.29 is 4.79 Å². The topological polar surface area (TPSA) is 29.1 Å². The van der Waals surface area contributed by atoms with Crippen LogP contribution in [0.1, 0.15) is 36.7 Å². The van der Waals surface area contributed by atoms with Gasteiger partial charge in [0.1, 0.15) is 0 Å². The number of rotatable bonds is 3. The smallest absolute Gasteiger partial charge is 0.162 e. The first-order chi connectivity index (χ1) is 6.52. The largest absolute Gasteiger partial charge is 0.382 e. The second-order valence-electron chi connectivity index (χ2n) is 3.85. The average Bonchev–Trinajstić information content (AvgIpc) is 2.01. The molecule has 76 valence electrons. The van der Waals surface area contributed by atoms with Crippen LogP contribution in [0.5, 0.6) is 0 Å². The van der Waals surface area contributed by atoms with Gasteiger partial charge in [-0.15, -0.1) is 0 Å². The maximum absolute atomic E-state index is 11.4. The number of nitrogens with one attached hydrogen (secondary N) is 1. The summed E-state index contributed by atoms with van der Waals surface area (Å²) in [6.07, 6.45) is 0. The first-order valence-electron chi connectivity index (χ1n) is 4.89. The summed E-state index contributed by atoms with van der Waals surface area (Å²) in [6.45, 7) is 7.69. The molecule has 0 aliphatic carbocycles. The SMILES string of the molecule is CC(=O)c1c(C)cccc1NC(C)C. The predicted molar refractivity (Wildman–Crippen MR) is 59.9 cm³/mol. The summed E-state index contributed by atoms with van der Waals surface area (Å²) in [7, 11) is 0. The first-order valence-corrected chi connectivity index (χ1v) is 4.89. The number of carbonyl (C=O) groups excluding carboxylic acids is 1. The van der Waals surface area contributed by atoms with E-state index in [1.54, 1.807) is 6.92 Å². The summed E-state index contributed by atoms with van der Waals surface area (Å²) in [4.78, 5) is 11.4. The number of ketones is 1. The molecule has 0 saturated carbocycles. The standard InChI is InChI=1S/C12H17NO/c1-8(2)13-11-7-5-6-9(3)12(11)10(4)14/h5-8,13H,1-4H3. The van der Waals surface area contributed by atoms with Crippen LogP contribution in [-0.4, -0.2) is 11.8 Å². The van der Waals surface area contributed by atoms with E-state index in [1.807, 2.05) is 25.1 Å². The maximum Gasteiger partial charge on any atom is 0.162 e. The van der Waals surface area contributed by atoms with Crippen molar-refractivity contribution in [2.45, 2.75) is 33.7 Å². The van der Waals surface area contributed by atoms with Gasteiger partial charge in [0.15, 0.2) is 5.78 Å². The molecule has 0 heterocycles. The van der Waals surface area contributed by atoms with Crippen LogP contribution < -0.4 is 5.32 Å². The number of hydrogen-bond acceptors (Lipinski definition) is 2. The highest BCUT2D eigenvalue weighted by atomic mass is 16.1. The summed E-state index contributed by atoms with van der Waals surface area (Å²) >= 11 is 0.